The molecule has 0 aromatic rings. The van der Waals surface area contributed by atoms with Crippen molar-refractivity contribution in [1.82, 2.24) is 20.9 Å². The van der Waals surface area contributed by atoms with Crippen molar-refractivity contribution in [3.05, 3.63) is 0 Å². The quantitative estimate of drug-likeness (QED) is 0.533. The molecule has 2 atom stereocenters. The molecule has 1 saturated heterocycles. The van der Waals surface area contributed by atoms with Crippen LogP contribution in [0.3, 0.4) is 0 Å². The fourth-order valence-electron chi connectivity index (χ4n) is 4.02. The Balaban J connectivity index is 1.43. The standard InChI is InChI=1S/C20H38N4O3/c1-16-14-24(15-17(2)27-16)13-7-12-21-19(25)10-6-11-22-20(26)23-18-8-4-3-5-9-18/h16-18H,3-15H2,1-2H3,(H,21,25)(H2,22,23,26). The summed E-state index contributed by atoms with van der Waals surface area (Å²) in [6, 6.07) is 0.218. The molecule has 0 radical (unpaired) electrons. The van der Waals surface area contributed by atoms with E-state index in [4.69, 9.17) is 4.74 Å². The zero-order valence-electron chi connectivity index (χ0n) is 17.1. The predicted molar refractivity (Wildman–Crippen MR) is 107 cm³/mol. The molecule has 0 spiro atoms. The Morgan fingerprint density at radius 3 is 2.33 bits per heavy atom. The van der Waals surface area contributed by atoms with Gasteiger partial charge in [-0.25, -0.2) is 4.79 Å². The molecule has 2 rings (SSSR count). The van der Waals surface area contributed by atoms with Gasteiger partial charge >= 0.3 is 6.03 Å². The molecule has 7 heteroatoms. The Morgan fingerprint density at radius 1 is 0.963 bits per heavy atom. The van der Waals surface area contributed by atoms with Crippen LogP contribution in [0, 0.1) is 0 Å². The molecular weight excluding hydrogens is 344 g/mol. The van der Waals surface area contributed by atoms with E-state index in [0.29, 0.717) is 32.0 Å². The maximum Gasteiger partial charge on any atom is 0.315 e. The lowest BCUT2D eigenvalue weighted by Gasteiger charge is -2.35. The van der Waals surface area contributed by atoms with Gasteiger partial charge in [-0.05, 0) is 39.5 Å². The second kappa shape index (κ2) is 12.2. The van der Waals surface area contributed by atoms with Gasteiger partial charge in [-0.15, -0.1) is 0 Å². The van der Waals surface area contributed by atoms with Crippen molar-refractivity contribution in [1.29, 1.82) is 0 Å². The van der Waals surface area contributed by atoms with E-state index in [0.717, 1.165) is 38.9 Å². The Bertz CT molecular complexity index is 445. The summed E-state index contributed by atoms with van der Waals surface area (Å²) in [4.78, 5) is 26.1. The molecule has 1 heterocycles. The van der Waals surface area contributed by atoms with E-state index < -0.39 is 0 Å². The summed E-state index contributed by atoms with van der Waals surface area (Å²) in [5.74, 6) is 0.0632. The predicted octanol–water partition coefficient (Wildman–Crippen LogP) is 2.01. The van der Waals surface area contributed by atoms with Gasteiger partial charge in [0.2, 0.25) is 5.91 Å². The summed E-state index contributed by atoms with van der Waals surface area (Å²) in [5, 5.41) is 8.85. The van der Waals surface area contributed by atoms with Crippen LogP contribution in [-0.4, -0.2) is 67.8 Å². The molecule has 2 unspecified atom stereocenters. The number of amides is 3. The molecule has 27 heavy (non-hydrogen) atoms. The lowest BCUT2D eigenvalue weighted by Crippen LogP contribution is -2.46. The Labute approximate surface area is 164 Å². The molecule has 3 amide bonds. The monoisotopic (exact) mass is 382 g/mol. The maximum atomic E-state index is 11.9. The van der Waals surface area contributed by atoms with Gasteiger partial charge in [-0.3, -0.25) is 9.69 Å². The third-order valence-corrected chi connectivity index (χ3v) is 5.28. The van der Waals surface area contributed by atoms with E-state index in [2.05, 4.69) is 34.7 Å². The third-order valence-electron chi connectivity index (χ3n) is 5.28. The lowest BCUT2D eigenvalue weighted by atomic mass is 9.96. The van der Waals surface area contributed by atoms with Gasteiger partial charge in [0, 0.05) is 45.2 Å². The molecule has 156 valence electrons. The highest BCUT2D eigenvalue weighted by molar-refractivity contribution is 5.76. The second-order valence-electron chi connectivity index (χ2n) is 8.06. The first-order valence-corrected chi connectivity index (χ1v) is 10.7. The van der Waals surface area contributed by atoms with Crippen LogP contribution >= 0.6 is 0 Å². The highest BCUT2D eigenvalue weighted by Crippen LogP contribution is 2.17. The summed E-state index contributed by atoms with van der Waals surface area (Å²) in [7, 11) is 0. The average molecular weight is 383 g/mol. The molecule has 1 aliphatic carbocycles. The van der Waals surface area contributed by atoms with E-state index >= 15 is 0 Å². The van der Waals surface area contributed by atoms with Crippen molar-refractivity contribution >= 4 is 11.9 Å². The SMILES string of the molecule is CC1CN(CCCNC(=O)CCCNC(=O)NC2CCCCC2)CC(C)O1. The smallest absolute Gasteiger partial charge is 0.315 e. The molecule has 7 nitrogen and oxygen atoms in total. The number of nitrogens with zero attached hydrogens (tertiary/aromatic N) is 1. The zero-order chi connectivity index (χ0) is 19.5. The fourth-order valence-corrected chi connectivity index (χ4v) is 4.02. The number of hydrogen-bond acceptors (Lipinski definition) is 4. The van der Waals surface area contributed by atoms with Crippen LogP contribution in [0.15, 0.2) is 0 Å². The number of carbonyl (C=O) groups is 2. The van der Waals surface area contributed by atoms with E-state index in [1.165, 1.54) is 19.3 Å². The first kappa shape index (κ1) is 22.0. The van der Waals surface area contributed by atoms with Crippen LogP contribution in [0.4, 0.5) is 4.79 Å². The molecule has 0 aromatic carbocycles. The minimum Gasteiger partial charge on any atom is -0.373 e. The Kier molecular flexibility index (Phi) is 9.91. The van der Waals surface area contributed by atoms with Gasteiger partial charge in [0.15, 0.2) is 0 Å². The Hall–Kier alpha value is -1.34. The highest BCUT2D eigenvalue weighted by atomic mass is 16.5. The number of carbonyl (C=O) groups excluding carboxylic acids is 2. The topological polar surface area (TPSA) is 82.7 Å². The first-order chi connectivity index (χ1) is 13.0. The highest BCUT2D eigenvalue weighted by Gasteiger charge is 2.21. The molecule has 0 aromatic heterocycles. The van der Waals surface area contributed by atoms with Crippen LogP contribution in [0.1, 0.15) is 65.2 Å². The van der Waals surface area contributed by atoms with Crippen molar-refractivity contribution in [3.8, 4) is 0 Å². The van der Waals surface area contributed by atoms with Crippen molar-refractivity contribution in [2.24, 2.45) is 0 Å². The van der Waals surface area contributed by atoms with Crippen molar-refractivity contribution in [3.63, 3.8) is 0 Å². The first-order valence-electron chi connectivity index (χ1n) is 10.7. The summed E-state index contributed by atoms with van der Waals surface area (Å²) in [6.45, 7) is 8.37. The minimum absolute atomic E-state index is 0.0632. The molecule has 2 fully saturated rings. The number of morpholine rings is 1. The van der Waals surface area contributed by atoms with Crippen LogP contribution in [0.5, 0.6) is 0 Å². The summed E-state index contributed by atoms with van der Waals surface area (Å²) < 4.78 is 5.73. The number of ether oxygens (including phenoxy) is 1. The maximum absolute atomic E-state index is 11.9. The van der Waals surface area contributed by atoms with Crippen molar-refractivity contribution in [2.75, 3.05) is 32.7 Å². The number of urea groups is 1. The van der Waals surface area contributed by atoms with E-state index in [-0.39, 0.29) is 24.1 Å². The lowest BCUT2D eigenvalue weighted by molar-refractivity contribution is -0.121. The van der Waals surface area contributed by atoms with Gasteiger partial charge in [-0.1, -0.05) is 19.3 Å². The number of rotatable bonds is 9. The van der Waals surface area contributed by atoms with Crippen molar-refractivity contribution in [2.45, 2.75) is 83.5 Å². The third kappa shape index (κ3) is 9.42. The van der Waals surface area contributed by atoms with Gasteiger partial charge in [0.1, 0.15) is 0 Å². The van der Waals surface area contributed by atoms with Gasteiger partial charge in [0.05, 0.1) is 12.2 Å². The molecule has 3 N–H and O–H groups in total. The van der Waals surface area contributed by atoms with Gasteiger partial charge < -0.3 is 20.7 Å². The van der Waals surface area contributed by atoms with Crippen LogP contribution in [0.25, 0.3) is 0 Å². The van der Waals surface area contributed by atoms with Gasteiger partial charge in [0.25, 0.3) is 0 Å². The summed E-state index contributed by atoms with van der Waals surface area (Å²) in [6.07, 6.45) is 8.49. The van der Waals surface area contributed by atoms with E-state index in [9.17, 15) is 9.59 Å². The molecule has 1 aliphatic heterocycles. The summed E-state index contributed by atoms with van der Waals surface area (Å²) in [5.41, 5.74) is 0. The zero-order valence-corrected chi connectivity index (χ0v) is 17.1. The molecule has 1 saturated carbocycles. The van der Waals surface area contributed by atoms with Crippen LogP contribution in [-0.2, 0) is 9.53 Å². The van der Waals surface area contributed by atoms with E-state index in [1.54, 1.807) is 0 Å². The molecule has 0 bridgehead atoms. The minimum atomic E-state index is -0.101. The van der Waals surface area contributed by atoms with E-state index in [1.807, 2.05) is 0 Å². The second-order valence-corrected chi connectivity index (χ2v) is 8.06. The molecule has 2 aliphatic rings. The van der Waals surface area contributed by atoms with Crippen molar-refractivity contribution < 1.29 is 14.3 Å². The van der Waals surface area contributed by atoms with Crippen LogP contribution < -0.4 is 16.0 Å². The number of nitrogens with one attached hydrogen (secondary N) is 3. The van der Waals surface area contributed by atoms with Gasteiger partial charge in [-0.2, -0.15) is 0 Å². The largest absolute Gasteiger partial charge is 0.373 e. The Morgan fingerprint density at radius 2 is 1.63 bits per heavy atom. The normalized spacial score (nSPS) is 24.4. The average Bonchev–Trinajstić information content (AvgIpc) is 2.62. The number of hydrogen-bond donors (Lipinski definition) is 3. The molecular formula is C20H38N4O3. The van der Waals surface area contributed by atoms with Crippen LogP contribution in [0.2, 0.25) is 0 Å². The fraction of sp³-hybridized carbons (Fsp3) is 0.900. The summed E-state index contributed by atoms with van der Waals surface area (Å²) >= 11 is 0.